The van der Waals surface area contributed by atoms with E-state index >= 15 is 0 Å². The van der Waals surface area contributed by atoms with E-state index in [9.17, 15) is 14.9 Å². The summed E-state index contributed by atoms with van der Waals surface area (Å²) >= 11 is 5.90. The van der Waals surface area contributed by atoms with Crippen molar-refractivity contribution in [2.45, 2.75) is 32.9 Å². The third kappa shape index (κ3) is 5.61. The lowest BCUT2D eigenvalue weighted by atomic mass is 10.1. The van der Waals surface area contributed by atoms with Crippen molar-refractivity contribution in [2.75, 3.05) is 0 Å². The van der Waals surface area contributed by atoms with E-state index in [0.717, 1.165) is 17.7 Å². The highest BCUT2D eigenvalue weighted by Crippen LogP contribution is 2.27. The second-order valence-corrected chi connectivity index (χ2v) is 7.58. The second-order valence-electron chi connectivity index (χ2n) is 7.18. The number of nitro groups is 1. The normalized spacial score (nSPS) is 11.6. The molecule has 0 bridgehead atoms. The number of rotatable bonds is 8. The molecule has 6 nitrogen and oxygen atoms in total. The van der Waals surface area contributed by atoms with Gasteiger partial charge in [0, 0.05) is 24.2 Å². The first-order valence-electron chi connectivity index (χ1n) is 9.95. The van der Waals surface area contributed by atoms with Crippen molar-refractivity contribution in [3.8, 4) is 11.5 Å². The smallest absolute Gasteiger partial charge is 0.288 e. The van der Waals surface area contributed by atoms with Gasteiger partial charge in [-0.25, -0.2) is 0 Å². The molecule has 3 aromatic rings. The van der Waals surface area contributed by atoms with Crippen LogP contribution >= 0.6 is 11.6 Å². The van der Waals surface area contributed by atoms with E-state index in [0.29, 0.717) is 12.3 Å². The summed E-state index contributed by atoms with van der Waals surface area (Å²) < 4.78 is 5.89. The van der Waals surface area contributed by atoms with Gasteiger partial charge in [-0.15, -0.1) is 0 Å². The summed E-state index contributed by atoms with van der Waals surface area (Å²) in [7, 11) is 0. The molecule has 0 aromatic heterocycles. The van der Waals surface area contributed by atoms with Crippen LogP contribution in [0.15, 0.2) is 72.8 Å². The van der Waals surface area contributed by atoms with Gasteiger partial charge < -0.3 is 9.64 Å². The molecule has 0 fully saturated rings. The largest absolute Gasteiger partial charge is 0.457 e. The standard InChI is InChI=1S/C24H23ClN2O4/c1-3-17(2)26(24(28)19-12-13-22(25)23(15-19)27(29)30)16-18-8-7-11-21(14-18)31-20-9-5-4-6-10-20/h4-15,17H,3,16H2,1-2H3. The van der Waals surface area contributed by atoms with Crippen LogP contribution in [0.1, 0.15) is 36.2 Å². The summed E-state index contributed by atoms with van der Waals surface area (Å²) in [5, 5.41) is 11.2. The first-order chi connectivity index (χ1) is 14.9. The summed E-state index contributed by atoms with van der Waals surface area (Å²) in [5.41, 5.74) is 0.841. The molecule has 0 radical (unpaired) electrons. The topological polar surface area (TPSA) is 72.7 Å². The van der Waals surface area contributed by atoms with Gasteiger partial charge in [-0.1, -0.05) is 48.9 Å². The van der Waals surface area contributed by atoms with Gasteiger partial charge in [-0.2, -0.15) is 0 Å². The summed E-state index contributed by atoms with van der Waals surface area (Å²) in [4.78, 5) is 25.6. The van der Waals surface area contributed by atoms with E-state index in [1.165, 1.54) is 18.2 Å². The molecule has 7 heteroatoms. The fourth-order valence-corrected chi connectivity index (χ4v) is 3.31. The minimum absolute atomic E-state index is 0.00222. The molecule has 0 aliphatic rings. The van der Waals surface area contributed by atoms with Gasteiger partial charge in [-0.05, 0) is 55.3 Å². The molecule has 1 amide bonds. The quantitative estimate of drug-likeness (QED) is 0.298. The Bertz CT molecular complexity index is 1070. The predicted molar refractivity (Wildman–Crippen MR) is 121 cm³/mol. The number of benzene rings is 3. The van der Waals surface area contributed by atoms with E-state index in [1.54, 1.807) is 4.90 Å². The summed E-state index contributed by atoms with van der Waals surface area (Å²) in [5.74, 6) is 1.11. The molecule has 3 rings (SSSR count). The molecule has 1 unspecified atom stereocenters. The van der Waals surface area contributed by atoms with Crippen molar-refractivity contribution in [3.63, 3.8) is 0 Å². The SMILES string of the molecule is CCC(C)N(Cc1cccc(Oc2ccccc2)c1)C(=O)c1ccc(Cl)c([N+](=O)[O-])c1. The van der Waals surface area contributed by atoms with E-state index < -0.39 is 4.92 Å². The van der Waals surface area contributed by atoms with Crippen molar-refractivity contribution in [1.82, 2.24) is 4.90 Å². The van der Waals surface area contributed by atoms with Crippen LogP contribution in [0.4, 0.5) is 5.69 Å². The van der Waals surface area contributed by atoms with Gasteiger partial charge in [0.15, 0.2) is 0 Å². The Morgan fingerprint density at radius 1 is 1.06 bits per heavy atom. The molecule has 3 aromatic carbocycles. The monoisotopic (exact) mass is 438 g/mol. The van der Waals surface area contributed by atoms with Crippen LogP contribution in [0.25, 0.3) is 0 Å². The predicted octanol–water partition coefficient (Wildman–Crippen LogP) is 6.48. The number of carbonyl (C=O) groups excluding carboxylic acids is 1. The number of halogens is 1. The molecule has 0 spiro atoms. The summed E-state index contributed by atoms with van der Waals surface area (Å²) in [6.07, 6.45) is 0.738. The van der Waals surface area contributed by atoms with E-state index in [1.807, 2.05) is 68.4 Å². The molecule has 0 heterocycles. The fraction of sp³-hybridized carbons (Fsp3) is 0.208. The van der Waals surface area contributed by atoms with Gasteiger partial charge in [-0.3, -0.25) is 14.9 Å². The van der Waals surface area contributed by atoms with Crippen molar-refractivity contribution >= 4 is 23.2 Å². The van der Waals surface area contributed by atoms with E-state index in [-0.39, 0.29) is 28.2 Å². The van der Waals surface area contributed by atoms with Crippen LogP contribution < -0.4 is 4.74 Å². The Labute approximate surface area is 186 Å². The Morgan fingerprint density at radius 3 is 2.45 bits per heavy atom. The van der Waals surface area contributed by atoms with E-state index in [4.69, 9.17) is 16.3 Å². The van der Waals surface area contributed by atoms with Crippen molar-refractivity contribution in [2.24, 2.45) is 0 Å². The van der Waals surface area contributed by atoms with Crippen LogP contribution in [0, 0.1) is 10.1 Å². The highest BCUT2D eigenvalue weighted by atomic mass is 35.5. The lowest BCUT2D eigenvalue weighted by Gasteiger charge is -2.29. The van der Waals surface area contributed by atoms with Crippen molar-refractivity contribution in [1.29, 1.82) is 0 Å². The minimum Gasteiger partial charge on any atom is -0.457 e. The number of carbonyl (C=O) groups is 1. The number of hydrogen-bond acceptors (Lipinski definition) is 4. The Balaban J connectivity index is 1.85. The molecular weight excluding hydrogens is 416 g/mol. The molecule has 160 valence electrons. The zero-order valence-electron chi connectivity index (χ0n) is 17.3. The lowest BCUT2D eigenvalue weighted by molar-refractivity contribution is -0.384. The molecular formula is C24H23ClN2O4. The Morgan fingerprint density at radius 2 is 1.77 bits per heavy atom. The van der Waals surface area contributed by atoms with Crippen molar-refractivity contribution in [3.05, 3.63) is 99.1 Å². The third-order valence-electron chi connectivity index (χ3n) is 5.00. The Kier molecular flexibility index (Phi) is 7.26. The molecule has 1 atom stereocenters. The van der Waals surface area contributed by atoms with E-state index in [2.05, 4.69) is 0 Å². The first-order valence-corrected chi connectivity index (χ1v) is 10.3. The maximum atomic E-state index is 13.2. The highest BCUT2D eigenvalue weighted by molar-refractivity contribution is 6.32. The zero-order chi connectivity index (χ0) is 22.4. The van der Waals surface area contributed by atoms with Crippen LogP contribution in [-0.2, 0) is 6.54 Å². The number of para-hydroxylation sites is 1. The minimum atomic E-state index is -0.586. The Hall–Kier alpha value is -3.38. The number of ether oxygens (including phenoxy) is 1. The van der Waals surface area contributed by atoms with Gasteiger partial charge in [0.1, 0.15) is 16.5 Å². The lowest BCUT2D eigenvalue weighted by Crippen LogP contribution is -2.37. The number of nitrogens with zero attached hydrogens (tertiary/aromatic N) is 2. The highest BCUT2D eigenvalue weighted by Gasteiger charge is 2.24. The zero-order valence-corrected chi connectivity index (χ0v) is 18.1. The van der Waals surface area contributed by atoms with Crippen LogP contribution in [0.3, 0.4) is 0 Å². The fourth-order valence-electron chi connectivity index (χ4n) is 3.13. The maximum absolute atomic E-state index is 13.2. The number of amides is 1. The van der Waals surface area contributed by atoms with Gasteiger partial charge in [0.2, 0.25) is 0 Å². The second kappa shape index (κ2) is 10.1. The number of hydrogen-bond donors (Lipinski definition) is 0. The summed E-state index contributed by atoms with van der Waals surface area (Å²) in [6, 6.07) is 21.1. The molecule has 0 saturated heterocycles. The van der Waals surface area contributed by atoms with Gasteiger partial charge in [0.05, 0.1) is 4.92 Å². The molecule has 0 N–H and O–H groups in total. The summed E-state index contributed by atoms with van der Waals surface area (Å²) in [6.45, 7) is 4.28. The van der Waals surface area contributed by atoms with Gasteiger partial charge >= 0.3 is 0 Å². The number of nitro benzene ring substituents is 1. The van der Waals surface area contributed by atoms with Crippen LogP contribution in [0.2, 0.25) is 5.02 Å². The molecule has 0 aliphatic heterocycles. The molecule has 0 aliphatic carbocycles. The van der Waals surface area contributed by atoms with Crippen LogP contribution in [0.5, 0.6) is 11.5 Å². The average Bonchev–Trinajstić information content (AvgIpc) is 2.77. The van der Waals surface area contributed by atoms with Gasteiger partial charge in [0.25, 0.3) is 11.6 Å². The maximum Gasteiger partial charge on any atom is 0.288 e. The van der Waals surface area contributed by atoms with Crippen LogP contribution in [-0.4, -0.2) is 21.8 Å². The first kappa shape index (κ1) is 22.3. The molecule has 0 saturated carbocycles. The third-order valence-corrected chi connectivity index (χ3v) is 5.32. The average molecular weight is 439 g/mol. The molecule has 31 heavy (non-hydrogen) atoms. The van der Waals surface area contributed by atoms with Crippen molar-refractivity contribution < 1.29 is 14.5 Å².